The van der Waals surface area contributed by atoms with E-state index in [1.807, 2.05) is 49.4 Å². The third-order valence-electron chi connectivity index (χ3n) is 3.57. The predicted molar refractivity (Wildman–Crippen MR) is 89.7 cm³/mol. The summed E-state index contributed by atoms with van der Waals surface area (Å²) >= 11 is 5.32. The summed E-state index contributed by atoms with van der Waals surface area (Å²) in [5.74, 6) is -0.120. The summed E-state index contributed by atoms with van der Waals surface area (Å²) in [6, 6.07) is 13.4. The molecule has 1 aliphatic heterocycles. The average Bonchev–Trinajstić information content (AvgIpc) is 2.82. The Morgan fingerprint density at radius 3 is 2.68 bits per heavy atom. The molecule has 1 aromatic carbocycles. The van der Waals surface area contributed by atoms with Crippen molar-refractivity contribution >= 4 is 29.3 Å². The van der Waals surface area contributed by atoms with Gasteiger partial charge in [0, 0.05) is 12.4 Å². The molecule has 1 unspecified atom stereocenters. The van der Waals surface area contributed by atoms with E-state index in [1.54, 1.807) is 23.4 Å². The number of carbonyl (C=O) groups is 1. The van der Waals surface area contributed by atoms with Crippen LogP contribution in [0.4, 0.5) is 0 Å². The van der Waals surface area contributed by atoms with Gasteiger partial charge in [0.15, 0.2) is 5.11 Å². The van der Waals surface area contributed by atoms with Crippen LogP contribution in [0.1, 0.15) is 24.1 Å². The van der Waals surface area contributed by atoms with Crippen molar-refractivity contribution in [3.63, 3.8) is 0 Å². The molecule has 2 heterocycles. The van der Waals surface area contributed by atoms with E-state index in [0.29, 0.717) is 10.8 Å². The van der Waals surface area contributed by atoms with Crippen molar-refractivity contribution in [3.05, 3.63) is 71.7 Å². The molecule has 1 aromatic heterocycles. The number of hydrogen-bond donors (Lipinski definition) is 1. The first kappa shape index (κ1) is 14.4. The Kier molecular flexibility index (Phi) is 3.98. The molecule has 2 aromatic rings. The van der Waals surface area contributed by atoms with Crippen LogP contribution in [0.3, 0.4) is 0 Å². The van der Waals surface area contributed by atoms with Crippen LogP contribution in [0, 0.1) is 0 Å². The van der Waals surface area contributed by atoms with E-state index < -0.39 is 0 Å². The Morgan fingerprint density at radius 2 is 2.00 bits per heavy atom. The van der Waals surface area contributed by atoms with Gasteiger partial charge in [0.25, 0.3) is 5.91 Å². The highest BCUT2D eigenvalue weighted by molar-refractivity contribution is 7.80. The van der Waals surface area contributed by atoms with E-state index in [9.17, 15) is 4.79 Å². The maximum atomic E-state index is 12.6. The third-order valence-corrected chi connectivity index (χ3v) is 3.87. The lowest BCUT2D eigenvalue weighted by atomic mass is 10.1. The number of amides is 1. The van der Waals surface area contributed by atoms with E-state index in [0.717, 1.165) is 11.1 Å². The van der Waals surface area contributed by atoms with Crippen molar-refractivity contribution in [3.8, 4) is 0 Å². The van der Waals surface area contributed by atoms with Crippen LogP contribution in [0.5, 0.6) is 0 Å². The summed E-state index contributed by atoms with van der Waals surface area (Å²) in [5, 5.41) is 3.42. The molecule has 0 aliphatic carbocycles. The Bertz CT molecular complexity index is 728. The lowest BCUT2D eigenvalue weighted by Gasteiger charge is -2.23. The van der Waals surface area contributed by atoms with E-state index in [4.69, 9.17) is 12.2 Å². The van der Waals surface area contributed by atoms with Gasteiger partial charge in [-0.3, -0.25) is 14.7 Å². The summed E-state index contributed by atoms with van der Waals surface area (Å²) in [5.41, 5.74) is 2.37. The summed E-state index contributed by atoms with van der Waals surface area (Å²) in [4.78, 5) is 18.3. The van der Waals surface area contributed by atoms with Crippen molar-refractivity contribution < 1.29 is 4.79 Å². The van der Waals surface area contributed by atoms with Crippen LogP contribution < -0.4 is 5.32 Å². The van der Waals surface area contributed by atoms with Gasteiger partial charge in [-0.2, -0.15) is 0 Å². The molecule has 110 valence electrons. The van der Waals surface area contributed by atoms with Crippen molar-refractivity contribution in [1.82, 2.24) is 15.2 Å². The van der Waals surface area contributed by atoms with Gasteiger partial charge in [0.2, 0.25) is 0 Å². The first-order chi connectivity index (χ1) is 10.7. The van der Waals surface area contributed by atoms with Crippen molar-refractivity contribution in [2.45, 2.75) is 13.0 Å². The van der Waals surface area contributed by atoms with Gasteiger partial charge in [-0.15, -0.1) is 0 Å². The Balaban J connectivity index is 1.88. The van der Waals surface area contributed by atoms with Gasteiger partial charge < -0.3 is 5.32 Å². The zero-order valence-electron chi connectivity index (χ0n) is 12.1. The standard InChI is InChI=1S/C17H15N3OS/c1-12(14-7-3-2-4-8-14)20-16(21)15(19-17(20)22)10-13-6-5-9-18-11-13/h2-12H,1H3,(H,19,22)/b15-10-. The molecule has 22 heavy (non-hydrogen) atoms. The second kappa shape index (κ2) is 6.07. The molecule has 1 atom stereocenters. The van der Waals surface area contributed by atoms with Gasteiger partial charge in [0.1, 0.15) is 5.70 Å². The number of benzene rings is 1. The SMILES string of the molecule is CC(c1ccccc1)N1C(=O)/C(=C/c2cccnc2)NC1=S. The minimum absolute atomic E-state index is 0.117. The Morgan fingerprint density at radius 1 is 1.23 bits per heavy atom. The van der Waals surface area contributed by atoms with E-state index in [1.165, 1.54) is 0 Å². The third kappa shape index (κ3) is 2.76. The smallest absolute Gasteiger partial charge is 0.277 e. The number of nitrogens with zero attached hydrogens (tertiary/aromatic N) is 2. The summed E-state index contributed by atoms with van der Waals surface area (Å²) in [6.07, 6.45) is 5.16. The molecule has 5 heteroatoms. The Labute approximate surface area is 134 Å². The highest BCUT2D eigenvalue weighted by atomic mass is 32.1. The van der Waals surface area contributed by atoms with E-state index >= 15 is 0 Å². The van der Waals surface area contributed by atoms with Gasteiger partial charge in [-0.1, -0.05) is 36.4 Å². The van der Waals surface area contributed by atoms with Crippen molar-refractivity contribution in [2.75, 3.05) is 0 Å². The minimum Gasteiger partial charge on any atom is -0.328 e. The molecule has 3 rings (SSSR count). The highest BCUT2D eigenvalue weighted by Crippen LogP contribution is 2.25. The number of aromatic nitrogens is 1. The molecule has 0 saturated carbocycles. The van der Waals surface area contributed by atoms with E-state index in [2.05, 4.69) is 10.3 Å². The summed E-state index contributed by atoms with van der Waals surface area (Å²) in [6.45, 7) is 1.97. The zero-order chi connectivity index (χ0) is 15.5. The van der Waals surface area contributed by atoms with Crippen LogP contribution >= 0.6 is 12.2 Å². The number of hydrogen-bond acceptors (Lipinski definition) is 3. The number of carbonyl (C=O) groups excluding carboxylic acids is 1. The topological polar surface area (TPSA) is 45.2 Å². The largest absolute Gasteiger partial charge is 0.328 e. The quantitative estimate of drug-likeness (QED) is 0.699. The molecule has 0 spiro atoms. The fourth-order valence-corrected chi connectivity index (χ4v) is 2.76. The molecular formula is C17H15N3OS. The fraction of sp³-hybridized carbons (Fsp3) is 0.118. The molecular weight excluding hydrogens is 294 g/mol. The highest BCUT2D eigenvalue weighted by Gasteiger charge is 2.34. The van der Waals surface area contributed by atoms with Gasteiger partial charge in [-0.25, -0.2) is 0 Å². The maximum Gasteiger partial charge on any atom is 0.277 e. The maximum absolute atomic E-state index is 12.6. The molecule has 1 aliphatic rings. The van der Waals surface area contributed by atoms with Crippen LogP contribution in [0.2, 0.25) is 0 Å². The van der Waals surface area contributed by atoms with Crippen LogP contribution in [-0.2, 0) is 4.79 Å². The van der Waals surface area contributed by atoms with Crippen molar-refractivity contribution in [1.29, 1.82) is 0 Å². The van der Waals surface area contributed by atoms with Crippen molar-refractivity contribution in [2.24, 2.45) is 0 Å². The minimum atomic E-state index is -0.120. The molecule has 1 saturated heterocycles. The summed E-state index contributed by atoms with van der Waals surface area (Å²) in [7, 11) is 0. The number of rotatable bonds is 3. The zero-order valence-corrected chi connectivity index (χ0v) is 12.9. The number of thiocarbonyl (C=S) groups is 1. The second-order valence-electron chi connectivity index (χ2n) is 5.04. The molecule has 0 bridgehead atoms. The first-order valence-electron chi connectivity index (χ1n) is 6.98. The number of pyridine rings is 1. The van der Waals surface area contributed by atoms with Crippen LogP contribution in [0.25, 0.3) is 6.08 Å². The molecule has 1 fully saturated rings. The number of nitrogens with one attached hydrogen (secondary N) is 1. The van der Waals surface area contributed by atoms with Gasteiger partial charge in [0.05, 0.1) is 6.04 Å². The van der Waals surface area contributed by atoms with Gasteiger partial charge in [-0.05, 0) is 42.4 Å². The summed E-state index contributed by atoms with van der Waals surface area (Å²) < 4.78 is 0. The van der Waals surface area contributed by atoms with Crippen LogP contribution in [0.15, 0.2) is 60.6 Å². The van der Waals surface area contributed by atoms with Crippen LogP contribution in [-0.4, -0.2) is 20.9 Å². The monoisotopic (exact) mass is 309 g/mol. The van der Waals surface area contributed by atoms with E-state index in [-0.39, 0.29) is 11.9 Å². The normalized spacial score (nSPS) is 17.7. The van der Waals surface area contributed by atoms with Gasteiger partial charge >= 0.3 is 0 Å². The fourth-order valence-electron chi connectivity index (χ4n) is 2.41. The first-order valence-corrected chi connectivity index (χ1v) is 7.39. The molecule has 0 radical (unpaired) electrons. The lowest BCUT2D eigenvalue weighted by Crippen LogP contribution is -2.33. The average molecular weight is 309 g/mol. The second-order valence-corrected chi connectivity index (χ2v) is 5.42. The predicted octanol–water partition coefficient (Wildman–Crippen LogP) is 2.90. The molecule has 1 amide bonds. The Hall–Kier alpha value is -2.53. The lowest BCUT2D eigenvalue weighted by molar-refractivity contribution is -0.123. The molecule has 1 N–H and O–H groups in total. The molecule has 4 nitrogen and oxygen atoms in total.